The minimum Gasteiger partial charge on any atom is -0.493 e. The minimum atomic E-state index is -0.744. The molecule has 8 nitrogen and oxygen atoms in total. The van der Waals surface area contributed by atoms with Crippen LogP contribution < -0.4 is 15.4 Å². The van der Waals surface area contributed by atoms with E-state index in [-0.39, 0.29) is 0 Å². The van der Waals surface area contributed by atoms with E-state index in [2.05, 4.69) is 77.7 Å². The molecule has 1 atom stereocenters. The molecule has 0 amide bonds. The molecule has 0 aliphatic carbocycles. The molecule has 2 aromatic heterocycles. The number of anilines is 2. The molecule has 0 spiro atoms. The van der Waals surface area contributed by atoms with Gasteiger partial charge in [0.1, 0.15) is 17.3 Å². The molecule has 2 aromatic carbocycles. The number of fused-ring (bicyclic) bond motifs is 1. The number of likely N-dealkylation sites (tertiary alicyclic amines) is 1. The van der Waals surface area contributed by atoms with Gasteiger partial charge in [0.05, 0.1) is 6.61 Å². The fourth-order valence-electron chi connectivity index (χ4n) is 5.79. The van der Waals surface area contributed by atoms with Gasteiger partial charge in [0.15, 0.2) is 5.82 Å². The van der Waals surface area contributed by atoms with E-state index >= 15 is 0 Å². The molecule has 4 aromatic rings. The van der Waals surface area contributed by atoms with Crippen LogP contribution in [0.25, 0.3) is 22.0 Å². The first-order valence-electron chi connectivity index (χ1n) is 15.0. The van der Waals surface area contributed by atoms with Crippen LogP contribution in [-0.2, 0) is 11.3 Å². The van der Waals surface area contributed by atoms with Gasteiger partial charge in [-0.1, -0.05) is 37.6 Å². The summed E-state index contributed by atoms with van der Waals surface area (Å²) in [6, 6.07) is 16.1. The van der Waals surface area contributed by atoms with Gasteiger partial charge in [-0.2, -0.15) is 0 Å². The molecule has 0 saturated carbocycles. The van der Waals surface area contributed by atoms with E-state index in [0.717, 1.165) is 89.1 Å². The maximum Gasteiger partial charge on any atom is 0.320 e. The number of hydrogen-bond acceptors (Lipinski definition) is 7. The molecular formula is C34H41N5O3. The van der Waals surface area contributed by atoms with Crippen molar-refractivity contribution >= 4 is 28.4 Å². The second-order valence-corrected chi connectivity index (χ2v) is 11.0. The maximum absolute atomic E-state index is 11.8. The number of rotatable bonds is 12. The van der Waals surface area contributed by atoms with Crippen LogP contribution in [0.15, 0.2) is 60.9 Å². The van der Waals surface area contributed by atoms with Crippen LogP contribution in [0.4, 0.5) is 11.5 Å². The Bertz CT molecular complexity index is 1540. The van der Waals surface area contributed by atoms with Gasteiger partial charge in [-0.15, -0.1) is 0 Å². The highest BCUT2D eigenvalue weighted by Gasteiger charge is 2.28. The van der Waals surface area contributed by atoms with Gasteiger partial charge in [-0.3, -0.25) is 14.7 Å². The van der Waals surface area contributed by atoms with E-state index in [0.29, 0.717) is 25.4 Å². The van der Waals surface area contributed by atoms with Gasteiger partial charge in [-0.25, -0.2) is 4.98 Å². The normalized spacial score (nSPS) is 15.5. The number of ether oxygens (including phenoxy) is 1. The molecule has 3 heterocycles. The van der Waals surface area contributed by atoms with Crippen molar-refractivity contribution in [3.05, 3.63) is 77.6 Å². The fourth-order valence-corrected chi connectivity index (χ4v) is 5.79. The van der Waals surface area contributed by atoms with Gasteiger partial charge < -0.3 is 20.5 Å². The zero-order valence-electron chi connectivity index (χ0n) is 24.8. The standard InChI is InChI=1S/C34H41N5O3/c1-4-35-16-9-19-42-31-14-8-11-28(24(31)3)27-10-7-12-29(23(27)2)38-33-32-26(15-17-36-33)20-25(21-37-32)22-39-18-6-5-13-30(39)34(40)41/h7-8,10-12,14-15,17,20-21,30,35H,4-6,9,13,16,18-19,22H2,1-3H3,(H,36,38)(H,40,41). The van der Waals surface area contributed by atoms with Crippen molar-refractivity contribution in [1.29, 1.82) is 0 Å². The monoisotopic (exact) mass is 567 g/mol. The summed E-state index contributed by atoms with van der Waals surface area (Å²) < 4.78 is 6.13. The Balaban J connectivity index is 1.36. The van der Waals surface area contributed by atoms with Gasteiger partial charge in [0, 0.05) is 30.0 Å². The predicted octanol–water partition coefficient (Wildman–Crippen LogP) is 6.47. The van der Waals surface area contributed by atoms with Crippen LogP contribution in [0.3, 0.4) is 0 Å². The lowest BCUT2D eigenvalue weighted by Gasteiger charge is -2.32. The summed E-state index contributed by atoms with van der Waals surface area (Å²) in [5.74, 6) is 0.859. The lowest BCUT2D eigenvalue weighted by molar-refractivity contribution is -0.144. The van der Waals surface area contributed by atoms with Crippen molar-refractivity contribution in [2.45, 2.75) is 59.0 Å². The van der Waals surface area contributed by atoms with Crippen LogP contribution in [0.5, 0.6) is 5.75 Å². The van der Waals surface area contributed by atoms with Gasteiger partial charge >= 0.3 is 5.97 Å². The van der Waals surface area contributed by atoms with Gasteiger partial charge in [-0.05, 0) is 105 Å². The number of aromatic nitrogens is 2. The summed E-state index contributed by atoms with van der Waals surface area (Å²) in [5.41, 5.74) is 7.27. The summed E-state index contributed by atoms with van der Waals surface area (Å²) in [6.07, 6.45) is 7.27. The molecule has 1 aliphatic rings. The summed E-state index contributed by atoms with van der Waals surface area (Å²) in [4.78, 5) is 23.2. The number of aliphatic carboxylic acids is 1. The number of hydrogen-bond donors (Lipinski definition) is 3. The van der Waals surface area contributed by atoms with Crippen molar-refractivity contribution in [3.8, 4) is 16.9 Å². The number of nitrogens with one attached hydrogen (secondary N) is 2. The number of benzene rings is 2. The Morgan fingerprint density at radius 3 is 2.69 bits per heavy atom. The number of piperidine rings is 1. The maximum atomic E-state index is 11.8. The van der Waals surface area contributed by atoms with E-state index in [4.69, 9.17) is 9.72 Å². The van der Waals surface area contributed by atoms with Crippen LogP contribution in [0.1, 0.15) is 49.3 Å². The zero-order chi connectivity index (χ0) is 29.5. The number of carboxylic acids is 1. The van der Waals surface area contributed by atoms with Crippen molar-refractivity contribution in [2.75, 3.05) is 31.6 Å². The van der Waals surface area contributed by atoms with Crippen molar-refractivity contribution < 1.29 is 14.6 Å². The summed E-state index contributed by atoms with van der Waals surface area (Å²) in [6.45, 7) is 10.3. The van der Waals surface area contributed by atoms with Gasteiger partial charge in [0.25, 0.3) is 0 Å². The number of pyridine rings is 2. The summed E-state index contributed by atoms with van der Waals surface area (Å²) >= 11 is 0. The first-order chi connectivity index (χ1) is 20.5. The zero-order valence-corrected chi connectivity index (χ0v) is 24.8. The minimum absolute atomic E-state index is 0.432. The Morgan fingerprint density at radius 1 is 1.07 bits per heavy atom. The topological polar surface area (TPSA) is 99.6 Å². The second kappa shape index (κ2) is 13.8. The van der Waals surface area contributed by atoms with E-state index in [1.807, 2.05) is 18.3 Å². The number of nitrogens with zero attached hydrogens (tertiary/aromatic N) is 3. The third kappa shape index (κ3) is 6.72. The van der Waals surface area contributed by atoms with E-state index < -0.39 is 12.0 Å². The lowest BCUT2D eigenvalue weighted by Crippen LogP contribution is -2.44. The highest BCUT2D eigenvalue weighted by molar-refractivity contribution is 5.91. The Labute approximate surface area is 248 Å². The SMILES string of the molecule is CCNCCCOc1cccc(-c2cccc(Nc3nccc4cc(CN5CCCCC5C(=O)O)cnc34)c2C)c1C. The first-order valence-corrected chi connectivity index (χ1v) is 15.0. The first kappa shape index (κ1) is 29.5. The number of carbonyl (C=O) groups is 1. The lowest BCUT2D eigenvalue weighted by atomic mass is 9.95. The second-order valence-electron chi connectivity index (χ2n) is 11.0. The fraction of sp³-hybridized carbons (Fsp3) is 0.382. The number of carboxylic acid groups (broad SMARTS) is 1. The average Bonchev–Trinajstić information content (AvgIpc) is 2.99. The largest absolute Gasteiger partial charge is 0.493 e. The van der Waals surface area contributed by atoms with Crippen molar-refractivity contribution in [2.24, 2.45) is 0 Å². The van der Waals surface area contributed by atoms with Crippen molar-refractivity contribution in [1.82, 2.24) is 20.2 Å². The van der Waals surface area contributed by atoms with E-state index in [9.17, 15) is 9.90 Å². The predicted molar refractivity (Wildman–Crippen MR) is 169 cm³/mol. The molecule has 0 bridgehead atoms. The van der Waals surface area contributed by atoms with E-state index in [1.54, 1.807) is 6.20 Å². The Morgan fingerprint density at radius 2 is 1.88 bits per heavy atom. The summed E-state index contributed by atoms with van der Waals surface area (Å²) in [5, 5.41) is 17.5. The molecule has 220 valence electrons. The molecule has 42 heavy (non-hydrogen) atoms. The van der Waals surface area contributed by atoms with Crippen LogP contribution in [-0.4, -0.2) is 58.2 Å². The molecule has 1 aliphatic heterocycles. The smallest absolute Gasteiger partial charge is 0.320 e. The molecular weight excluding hydrogens is 526 g/mol. The Kier molecular flexibility index (Phi) is 9.66. The highest BCUT2D eigenvalue weighted by atomic mass is 16.5. The van der Waals surface area contributed by atoms with Crippen LogP contribution >= 0.6 is 0 Å². The molecule has 1 fully saturated rings. The molecule has 3 N–H and O–H groups in total. The Hall–Kier alpha value is -4.01. The molecule has 0 radical (unpaired) electrons. The third-order valence-corrected chi connectivity index (χ3v) is 8.11. The molecule has 8 heteroatoms. The summed E-state index contributed by atoms with van der Waals surface area (Å²) in [7, 11) is 0. The van der Waals surface area contributed by atoms with Gasteiger partial charge in [0.2, 0.25) is 0 Å². The molecule has 5 rings (SSSR count). The van der Waals surface area contributed by atoms with Crippen molar-refractivity contribution in [3.63, 3.8) is 0 Å². The molecule has 1 saturated heterocycles. The highest BCUT2D eigenvalue weighted by Crippen LogP contribution is 2.36. The quantitative estimate of drug-likeness (QED) is 0.167. The third-order valence-electron chi connectivity index (χ3n) is 8.11. The van der Waals surface area contributed by atoms with Crippen LogP contribution in [0.2, 0.25) is 0 Å². The van der Waals surface area contributed by atoms with Crippen LogP contribution in [0, 0.1) is 13.8 Å². The van der Waals surface area contributed by atoms with E-state index in [1.165, 1.54) is 0 Å². The molecule has 1 unspecified atom stereocenters. The average molecular weight is 568 g/mol.